The van der Waals surface area contributed by atoms with Gasteiger partial charge in [0.25, 0.3) is 0 Å². The second-order valence-electron chi connectivity index (χ2n) is 5.12. The van der Waals surface area contributed by atoms with E-state index in [0.29, 0.717) is 11.3 Å². The lowest BCUT2D eigenvalue weighted by molar-refractivity contribution is 0.406. The Hall–Kier alpha value is -2.61. The molecule has 120 valence electrons. The normalized spacial score (nSPS) is 11.1. The second kappa shape index (κ2) is 5.54. The highest BCUT2D eigenvalue weighted by Crippen LogP contribution is 2.25. The maximum atomic E-state index is 12.4. The summed E-state index contributed by atoms with van der Waals surface area (Å²) in [6, 6.07) is 0. The third-order valence-corrected chi connectivity index (χ3v) is 4.03. The molecule has 2 N–H and O–H groups in total. The molecule has 0 aliphatic rings. The highest BCUT2D eigenvalue weighted by molar-refractivity contribution is 6.33. The van der Waals surface area contributed by atoms with E-state index in [9.17, 15) is 4.79 Å². The first kappa shape index (κ1) is 15.3. The van der Waals surface area contributed by atoms with E-state index < -0.39 is 5.69 Å². The minimum Gasteiger partial charge on any atom is -0.496 e. The molecule has 0 aromatic carbocycles. The molecule has 0 radical (unpaired) electrons. The first-order valence-corrected chi connectivity index (χ1v) is 7.19. The van der Waals surface area contributed by atoms with E-state index in [0.717, 1.165) is 21.6 Å². The highest BCUT2D eigenvalue weighted by Gasteiger charge is 2.18. The van der Waals surface area contributed by atoms with Gasteiger partial charge in [-0.05, 0) is 13.8 Å². The van der Waals surface area contributed by atoms with Crippen molar-refractivity contribution in [2.45, 2.75) is 20.4 Å². The van der Waals surface area contributed by atoms with E-state index in [2.05, 4.69) is 15.0 Å². The number of fused-ring (bicyclic) bond motifs is 1. The number of halogens is 1. The average Bonchev–Trinajstić information content (AvgIpc) is 2.76. The molecule has 0 fully saturated rings. The minimum absolute atomic E-state index is 0.125. The van der Waals surface area contributed by atoms with Gasteiger partial charge in [0.15, 0.2) is 10.8 Å². The summed E-state index contributed by atoms with van der Waals surface area (Å²) in [4.78, 5) is 24.8. The second-order valence-corrected chi connectivity index (χ2v) is 5.48. The van der Waals surface area contributed by atoms with Crippen molar-refractivity contribution in [3.05, 3.63) is 45.0 Å². The van der Waals surface area contributed by atoms with Gasteiger partial charge in [0, 0.05) is 17.3 Å². The van der Waals surface area contributed by atoms with E-state index in [4.69, 9.17) is 22.2 Å². The molecule has 0 bridgehead atoms. The molecule has 0 aliphatic heterocycles. The van der Waals surface area contributed by atoms with Crippen LogP contribution in [0.15, 0.2) is 17.3 Å². The molecule has 3 rings (SSSR count). The average molecular weight is 335 g/mol. The summed E-state index contributed by atoms with van der Waals surface area (Å²) in [7, 11) is 1.60. The Bertz CT molecular complexity index is 962. The van der Waals surface area contributed by atoms with Gasteiger partial charge in [-0.25, -0.2) is 19.4 Å². The summed E-state index contributed by atoms with van der Waals surface area (Å²) >= 11 is 6.01. The van der Waals surface area contributed by atoms with Crippen LogP contribution < -0.4 is 16.3 Å². The first-order chi connectivity index (χ1) is 11.0. The number of nitrogens with zero attached hydrogens (tertiary/aromatic N) is 5. The third kappa shape index (κ3) is 2.31. The number of methoxy groups -OCH3 is 1. The monoisotopic (exact) mass is 334 g/mol. The Balaban J connectivity index is 2.19. The summed E-state index contributed by atoms with van der Waals surface area (Å²) in [6.07, 6.45) is 2.99. The molecular formula is C14H15ClN6O2. The molecule has 0 aliphatic carbocycles. The minimum atomic E-state index is -0.442. The van der Waals surface area contributed by atoms with Crippen LogP contribution in [0.3, 0.4) is 0 Å². The van der Waals surface area contributed by atoms with Gasteiger partial charge >= 0.3 is 5.69 Å². The Kier molecular flexibility index (Phi) is 3.69. The Morgan fingerprint density at radius 1 is 1.30 bits per heavy atom. The van der Waals surface area contributed by atoms with Gasteiger partial charge in [-0.1, -0.05) is 11.6 Å². The predicted octanol–water partition coefficient (Wildman–Crippen LogP) is 1.03. The molecule has 9 heteroatoms. The molecule has 0 atom stereocenters. The van der Waals surface area contributed by atoms with Gasteiger partial charge in [-0.2, -0.15) is 0 Å². The van der Waals surface area contributed by atoms with Crippen LogP contribution in [0.5, 0.6) is 5.75 Å². The summed E-state index contributed by atoms with van der Waals surface area (Å²) in [6.45, 7) is 4.01. The standard InChI is InChI=1S/C14H15ClN6O2/c1-7-4-17-9(8(2)11(7)23-3)5-20-13-10(21(16)14(20)22)12(15)18-6-19-13/h4,6H,5,16H2,1-3H3. The fraction of sp³-hybridized carbons (Fsp3) is 0.286. The molecule has 0 unspecified atom stereocenters. The van der Waals surface area contributed by atoms with E-state index in [1.165, 1.54) is 10.9 Å². The van der Waals surface area contributed by atoms with Crippen LogP contribution in [0.1, 0.15) is 16.8 Å². The lowest BCUT2D eigenvalue weighted by atomic mass is 10.1. The number of aryl methyl sites for hydroxylation is 1. The van der Waals surface area contributed by atoms with E-state index in [1.807, 2.05) is 13.8 Å². The van der Waals surface area contributed by atoms with Crippen molar-refractivity contribution in [1.82, 2.24) is 24.2 Å². The van der Waals surface area contributed by atoms with Crippen molar-refractivity contribution >= 4 is 22.8 Å². The molecule has 23 heavy (non-hydrogen) atoms. The Morgan fingerprint density at radius 3 is 2.74 bits per heavy atom. The lowest BCUT2D eigenvalue weighted by Gasteiger charge is -2.12. The van der Waals surface area contributed by atoms with Crippen LogP contribution >= 0.6 is 11.6 Å². The summed E-state index contributed by atoms with van der Waals surface area (Å²) in [5, 5.41) is 0.125. The number of imidazole rings is 1. The van der Waals surface area contributed by atoms with Crippen molar-refractivity contribution in [2.24, 2.45) is 0 Å². The topological polar surface area (TPSA) is 101 Å². The number of pyridine rings is 1. The third-order valence-electron chi connectivity index (χ3n) is 3.75. The zero-order valence-electron chi connectivity index (χ0n) is 12.9. The van der Waals surface area contributed by atoms with Crippen LogP contribution in [0.25, 0.3) is 11.2 Å². The molecule has 0 spiro atoms. The number of nitrogen functional groups attached to an aromatic ring is 1. The maximum Gasteiger partial charge on any atom is 0.349 e. The fourth-order valence-electron chi connectivity index (χ4n) is 2.59. The highest BCUT2D eigenvalue weighted by atomic mass is 35.5. The number of rotatable bonds is 3. The number of aromatic nitrogens is 5. The van der Waals surface area contributed by atoms with E-state index in [1.54, 1.807) is 13.3 Å². The summed E-state index contributed by atoms with van der Waals surface area (Å²) in [5.74, 6) is 6.53. The van der Waals surface area contributed by atoms with Gasteiger partial charge < -0.3 is 10.6 Å². The van der Waals surface area contributed by atoms with Gasteiger partial charge in [0.1, 0.15) is 17.6 Å². The van der Waals surface area contributed by atoms with Crippen LogP contribution in [-0.2, 0) is 6.54 Å². The molecule has 3 aromatic heterocycles. The quantitative estimate of drug-likeness (QED) is 0.567. The summed E-state index contributed by atoms with van der Waals surface area (Å²) in [5.41, 5.74) is 2.68. The van der Waals surface area contributed by atoms with Crippen LogP contribution in [0.2, 0.25) is 5.15 Å². The van der Waals surface area contributed by atoms with Crippen molar-refractivity contribution in [2.75, 3.05) is 13.0 Å². The van der Waals surface area contributed by atoms with E-state index in [-0.39, 0.29) is 17.2 Å². The van der Waals surface area contributed by atoms with Crippen LogP contribution in [0, 0.1) is 13.8 Å². The first-order valence-electron chi connectivity index (χ1n) is 6.81. The van der Waals surface area contributed by atoms with Crippen molar-refractivity contribution in [3.63, 3.8) is 0 Å². The maximum absolute atomic E-state index is 12.4. The van der Waals surface area contributed by atoms with E-state index >= 15 is 0 Å². The van der Waals surface area contributed by atoms with Crippen LogP contribution in [-0.4, -0.2) is 31.3 Å². The molecule has 8 nitrogen and oxygen atoms in total. The molecule has 0 amide bonds. The fourth-order valence-corrected chi connectivity index (χ4v) is 2.81. The predicted molar refractivity (Wildman–Crippen MR) is 86.3 cm³/mol. The number of nitrogens with two attached hydrogens (primary N) is 1. The van der Waals surface area contributed by atoms with Crippen molar-refractivity contribution < 1.29 is 4.74 Å². The number of hydrogen-bond acceptors (Lipinski definition) is 6. The zero-order valence-corrected chi connectivity index (χ0v) is 13.6. The van der Waals surface area contributed by atoms with Crippen molar-refractivity contribution in [3.8, 4) is 5.75 Å². The number of ether oxygens (including phenoxy) is 1. The molecular weight excluding hydrogens is 320 g/mol. The van der Waals surface area contributed by atoms with Gasteiger partial charge in [-0.3, -0.25) is 9.55 Å². The molecule has 3 aromatic rings. The van der Waals surface area contributed by atoms with Gasteiger partial charge in [0.05, 0.1) is 19.3 Å². The Labute approximate surface area is 136 Å². The van der Waals surface area contributed by atoms with Gasteiger partial charge in [-0.15, -0.1) is 0 Å². The van der Waals surface area contributed by atoms with Crippen molar-refractivity contribution in [1.29, 1.82) is 0 Å². The number of hydrogen-bond donors (Lipinski definition) is 1. The lowest BCUT2D eigenvalue weighted by Crippen LogP contribution is -2.30. The smallest absolute Gasteiger partial charge is 0.349 e. The Morgan fingerprint density at radius 2 is 2.04 bits per heavy atom. The zero-order chi connectivity index (χ0) is 16.7. The molecule has 3 heterocycles. The molecule has 0 saturated heterocycles. The molecule has 0 saturated carbocycles. The van der Waals surface area contributed by atoms with Crippen LogP contribution in [0.4, 0.5) is 0 Å². The largest absolute Gasteiger partial charge is 0.496 e. The van der Waals surface area contributed by atoms with Gasteiger partial charge in [0.2, 0.25) is 0 Å². The SMILES string of the molecule is COc1c(C)cnc(Cn2c(=O)n(N)c3c(Cl)ncnc32)c1C. The summed E-state index contributed by atoms with van der Waals surface area (Å²) < 4.78 is 7.74.